The van der Waals surface area contributed by atoms with Crippen molar-refractivity contribution in [2.45, 2.75) is 57.9 Å². The molecule has 188 valence electrons. The van der Waals surface area contributed by atoms with Crippen molar-refractivity contribution in [1.82, 2.24) is 9.55 Å². The molecule has 0 unspecified atom stereocenters. The Hall–Kier alpha value is -2.74. The summed E-state index contributed by atoms with van der Waals surface area (Å²) in [4.78, 5) is 16.4. The van der Waals surface area contributed by atoms with Crippen molar-refractivity contribution in [2.24, 2.45) is 0 Å². The van der Waals surface area contributed by atoms with E-state index in [1.807, 2.05) is 43.3 Å². The number of fused-ring (bicyclic) bond motifs is 1. The van der Waals surface area contributed by atoms with Crippen LogP contribution in [0, 0.1) is 5.21 Å². The standard InChI is InChI=1S/C28H37N3O4/c1-4-35-20-16-30-25-8-6-5-7-24(25)29-26(30)22-14-18-31(34,19-15-22)17-13-21-9-11-23(12-10-21)28(2,3)27(32)33/h5-12,22H,4,13-20H2,1-3H3,(H,32,33). The maximum absolute atomic E-state index is 13.5. The van der Waals surface area contributed by atoms with Crippen LogP contribution in [-0.4, -0.2) is 58.1 Å². The molecular formula is C28H37N3O4. The fourth-order valence-corrected chi connectivity index (χ4v) is 5.01. The number of quaternary nitrogens is 1. The lowest BCUT2D eigenvalue weighted by Crippen LogP contribution is -2.49. The molecule has 0 aliphatic carbocycles. The maximum atomic E-state index is 13.5. The molecule has 4 rings (SSSR count). The van der Waals surface area contributed by atoms with E-state index in [1.54, 1.807) is 13.8 Å². The van der Waals surface area contributed by atoms with Gasteiger partial charge in [0, 0.05) is 38.3 Å². The minimum atomic E-state index is -0.925. The van der Waals surface area contributed by atoms with Crippen molar-refractivity contribution in [1.29, 1.82) is 0 Å². The molecule has 1 aromatic heterocycles. The summed E-state index contributed by atoms with van der Waals surface area (Å²) in [5, 5.41) is 22.9. The number of carboxylic acid groups (broad SMARTS) is 1. The van der Waals surface area contributed by atoms with Gasteiger partial charge in [0.05, 0.1) is 42.7 Å². The van der Waals surface area contributed by atoms with Gasteiger partial charge >= 0.3 is 5.97 Å². The van der Waals surface area contributed by atoms with Gasteiger partial charge in [0.15, 0.2) is 0 Å². The molecule has 0 spiro atoms. The first-order valence-corrected chi connectivity index (χ1v) is 12.7. The van der Waals surface area contributed by atoms with E-state index in [9.17, 15) is 15.1 Å². The number of hydrogen-bond acceptors (Lipinski definition) is 4. The molecular weight excluding hydrogens is 442 g/mol. The SMILES string of the molecule is CCOCCn1c(C2CC[N+]([O-])(CCc3ccc(C(C)(C)C(=O)O)cc3)CC2)nc2ccccc21. The number of imidazole rings is 1. The van der Waals surface area contributed by atoms with Crippen molar-refractivity contribution < 1.29 is 19.3 Å². The molecule has 0 saturated carbocycles. The van der Waals surface area contributed by atoms with E-state index in [0.29, 0.717) is 39.3 Å². The van der Waals surface area contributed by atoms with E-state index in [2.05, 4.69) is 16.7 Å². The zero-order valence-electron chi connectivity index (χ0n) is 21.1. The third kappa shape index (κ3) is 5.58. The normalized spacial score (nSPS) is 20.9. The quantitative estimate of drug-likeness (QED) is 0.255. The average molecular weight is 480 g/mol. The maximum Gasteiger partial charge on any atom is 0.313 e. The van der Waals surface area contributed by atoms with E-state index < -0.39 is 11.4 Å². The molecule has 2 heterocycles. The van der Waals surface area contributed by atoms with Crippen LogP contribution in [0.5, 0.6) is 0 Å². The molecule has 0 radical (unpaired) electrons. The largest absolute Gasteiger partial charge is 0.633 e. The molecule has 0 bridgehead atoms. The molecule has 0 amide bonds. The van der Waals surface area contributed by atoms with Crippen LogP contribution in [0.4, 0.5) is 0 Å². The molecule has 1 saturated heterocycles. The van der Waals surface area contributed by atoms with E-state index in [0.717, 1.165) is 47.4 Å². The third-order valence-electron chi connectivity index (χ3n) is 7.50. The Labute approximate surface area is 207 Å². The molecule has 1 N–H and O–H groups in total. The minimum absolute atomic E-state index is 0.182. The van der Waals surface area contributed by atoms with E-state index >= 15 is 0 Å². The second-order valence-corrected chi connectivity index (χ2v) is 10.2. The number of carboxylic acids is 1. The van der Waals surface area contributed by atoms with Gasteiger partial charge in [-0.3, -0.25) is 4.79 Å². The highest BCUT2D eigenvalue weighted by Crippen LogP contribution is 2.33. The number of likely N-dealkylation sites (tertiary alicyclic amines) is 1. The lowest BCUT2D eigenvalue weighted by Gasteiger charge is -2.47. The van der Waals surface area contributed by atoms with Crippen molar-refractivity contribution in [3.05, 3.63) is 70.7 Å². The number of benzene rings is 2. The summed E-state index contributed by atoms with van der Waals surface area (Å²) >= 11 is 0. The second-order valence-electron chi connectivity index (χ2n) is 10.2. The fraction of sp³-hybridized carbons (Fsp3) is 0.500. The molecule has 7 nitrogen and oxygen atoms in total. The zero-order chi connectivity index (χ0) is 25.1. The average Bonchev–Trinajstić information content (AvgIpc) is 3.22. The first kappa shape index (κ1) is 25.4. The van der Waals surface area contributed by atoms with Gasteiger partial charge in [-0.25, -0.2) is 4.98 Å². The van der Waals surface area contributed by atoms with E-state index in [1.165, 1.54) is 0 Å². The highest BCUT2D eigenvalue weighted by molar-refractivity contribution is 5.80. The lowest BCUT2D eigenvalue weighted by molar-refractivity contribution is -0.885. The Bertz CT molecular complexity index is 1140. The third-order valence-corrected chi connectivity index (χ3v) is 7.50. The van der Waals surface area contributed by atoms with Gasteiger partial charge in [-0.1, -0.05) is 36.4 Å². The summed E-state index contributed by atoms with van der Waals surface area (Å²) in [6.07, 6.45) is 2.34. The highest BCUT2D eigenvalue weighted by Gasteiger charge is 2.31. The first-order chi connectivity index (χ1) is 16.7. The number of carbonyl (C=O) groups is 1. The van der Waals surface area contributed by atoms with Crippen molar-refractivity contribution in [2.75, 3.05) is 32.8 Å². The fourth-order valence-electron chi connectivity index (χ4n) is 5.01. The summed E-state index contributed by atoms with van der Waals surface area (Å²) in [6.45, 7) is 9.25. The second kappa shape index (κ2) is 10.5. The predicted molar refractivity (Wildman–Crippen MR) is 137 cm³/mol. The molecule has 35 heavy (non-hydrogen) atoms. The number of nitrogens with zero attached hydrogens (tertiary/aromatic N) is 3. The highest BCUT2D eigenvalue weighted by atomic mass is 16.5. The topological polar surface area (TPSA) is 87.4 Å². The van der Waals surface area contributed by atoms with Gasteiger partial charge in [0.1, 0.15) is 5.82 Å². The Morgan fingerprint density at radius 1 is 1.17 bits per heavy atom. The van der Waals surface area contributed by atoms with E-state index in [-0.39, 0.29) is 10.6 Å². The Morgan fingerprint density at radius 3 is 2.51 bits per heavy atom. The summed E-state index contributed by atoms with van der Waals surface area (Å²) in [5.41, 5.74) is 3.05. The van der Waals surface area contributed by atoms with Crippen LogP contribution in [0.1, 0.15) is 56.5 Å². The summed E-state index contributed by atoms with van der Waals surface area (Å²) < 4.78 is 7.71. The number of ether oxygens (including phenoxy) is 1. The molecule has 1 aliphatic heterocycles. The summed E-state index contributed by atoms with van der Waals surface area (Å²) in [5.74, 6) is 0.513. The number of aliphatic carboxylic acids is 1. The minimum Gasteiger partial charge on any atom is -0.633 e. The Morgan fingerprint density at radius 2 is 1.86 bits per heavy atom. The predicted octanol–water partition coefficient (Wildman–Crippen LogP) is 4.87. The Balaban J connectivity index is 1.39. The number of hydrogen-bond donors (Lipinski definition) is 1. The van der Waals surface area contributed by atoms with Crippen LogP contribution in [0.2, 0.25) is 0 Å². The monoisotopic (exact) mass is 479 g/mol. The van der Waals surface area contributed by atoms with Gasteiger partial charge in [0.25, 0.3) is 0 Å². The Kier molecular flexibility index (Phi) is 7.59. The van der Waals surface area contributed by atoms with Crippen LogP contribution in [0.25, 0.3) is 11.0 Å². The van der Waals surface area contributed by atoms with Crippen LogP contribution < -0.4 is 0 Å². The summed E-state index contributed by atoms with van der Waals surface area (Å²) in [7, 11) is 0. The van der Waals surface area contributed by atoms with E-state index in [4.69, 9.17) is 9.72 Å². The van der Waals surface area contributed by atoms with Crippen LogP contribution in [-0.2, 0) is 27.9 Å². The number of para-hydroxylation sites is 2. The zero-order valence-corrected chi connectivity index (χ0v) is 21.1. The van der Waals surface area contributed by atoms with Crippen molar-refractivity contribution >= 4 is 17.0 Å². The van der Waals surface area contributed by atoms with Crippen molar-refractivity contribution in [3.63, 3.8) is 0 Å². The van der Waals surface area contributed by atoms with Gasteiger partial charge in [0.2, 0.25) is 0 Å². The van der Waals surface area contributed by atoms with Crippen LogP contribution in [0.15, 0.2) is 48.5 Å². The molecule has 7 heteroatoms. The van der Waals surface area contributed by atoms with Gasteiger partial charge in [-0.2, -0.15) is 0 Å². The molecule has 1 fully saturated rings. The van der Waals surface area contributed by atoms with Gasteiger partial charge in [-0.05, 0) is 44.0 Å². The number of aromatic nitrogens is 2. The number of rotatable bonds is 10. The van der Waals surface area contributed by atoms with Crippen molar-refractivity contribution in [3.8, 4) is 0 Å². The van der Waals surface area contributed by atoms with Gasteiger partial charge < -0.3 is 24.3 Å². The smallest absolute Gasteiger partial charge is 0.313 e. The van der Waals surface area contributed by atoms with Gasteiger partial charge in [-0.15, -0.1) is 0 Å². The molecule has 2 aromatic carbocycles. The van der Waals surface area contributed by atoms with Crippen LogP contribution >= 0.6 is 0 Å². The lowest BCUT2D eigenvalue weighted by atomic mass is 9.84. The molecule has 1 aliphatic rings. The number of hydroxylamine groups is 3. The summed E-state index contributed by atoms with van der Waals surface area (Å²) in [6, 6.07) is 15.9. The number of piperidine rings is 1. The van der Waals surface area contributed by atoms with Crippen LogP contribution in [0.3, 0.4) is 0 Å². The first-order valence-electron chi connectivity index (χ1n) is 12.7. The molecule has 3 aromatic rings. The molecule has 0 atom stereocenters.